The third kappa shape index (κ3) is 2.29. The number of likely N-dealkylation sites (N-methyl/N-ethyl adjacent to an activating group) is 1. The molecule has 0 saturated carbocycles. The second-order valence-electron chi connectivity index (χ2n) is 3.95. The van der Waals surface area contributed by atoms with E-state index in [4.69, 9.17) is 16.3 Å². The highest BCUT2D eigenvalue weighted by Crippen LogP contribution is 2.35. The molecule has 0 aliphatic rings. The molecule has 0 saturated heterocycles. The Balaban J connectivity index is 2.45. The molecular weight excluding hydrogens is 252 g/mol. The molecule has 0 atom stereocenters. The molecule has 4 nitrogen and oxygen atoms in total. The van der Waals surface area contributed by atoms with Gasteiger partial charge in [0.1, 0.15) is 5.75 Å². The van der Waals surface area contributed by atoms with Crippen LogP contribution in [0.3, 0.4) is 0 Å². The summed E-state index contributed by atoms with van der Waals surface area (Å²) in [6, 6.07) is 3.65. The van der Waals surface area contributed by atoms with E-state index < -0.39 is 0 Å². The molecule has 5 heteroatoms. The summed E-state index contributed by atoms with van der Waals surface area (Å²) in [5.41, 5.74) is 1.80. The number of benzene rings is 1. The van der Waals surface area contributed by atoms with Gasteiger partial charge in [0.2, 0.25) is 5.91 Å². The SMILES string of the molecule is CCNC(=O)Cc1c[nH]c2ccc(Cl)c(OC)c12. The summed E-state index contributed by atoms with van der Waals surface area (Å²) in [5.74, 6) is 0.593. The van der Waals surface area contributed by atoms with Crippen molar-refractivity contribution in [2.24, 2.45) is 0 Å². The van der Waals surface area contributed by atoms with Crippen LogP contribution in [0, 0.1) is 0 Å². The molecule has 0 radical (unpaired) electrons. The first-order chi connectivity index (χ1) is 8.67. The number of H-pyrrole nitrogens is 1. The van der Waals surface area contributed by atoms with Crippen molar-refractivity contribution in [3.63, 3.8) is 0 Å². The minimum atomic E-state index is -0.0135. The zero-order valence-corrected chi connectivity index (χ0v) is 11.1. The van der Waals surface area contributed by atoms with Crippen LogP contribution in [0.5, 0.6) is 5.75 Å². The summed E-state index contributed by atoms with van der Waals surface area (Å²) in [6.45, 7) is 2.52. The summed E-state index contributed by atoms with van der Waals surface area (Å²) in [7, 11) is 1.57. The number of hydrogen-bond acceptors (Lipinski definition) is 2. The van der Waals surface area contributed by atoms with Crippen molar-refractivity contribution in [1.82, 2.24) is 10.3 Å². The molecular formula is C13H15ClN2O2. The lowest BCUT2D eigenvalue weighted by Crippen LogP contribution is -2.24. The van der Waals surface area contributed by atoms with Gasteiger partial charge in [-0.25, -0.2) is 0 Å². The van der Waals surface area contributed by atoms with E-state index in [1.54, 1.807) is 13.2 Å². The fourth-order valence-electron chi connectivity index (χ4n) is 2.00. The van der Waals surface area contributed by atoms with Crippen molar-refractivity contribution in [3.05, 3.63) is 28.9 Å². The van der Waals surface area contributed by atoms with Gasteiger partial charge in [0.15, 0.2) is 0 Å². The summed E-state index contributed by atoms with van der Waals surface area (Å²) in [5, 5.41) is 4.19. The van der Waals surface area contributed by atoms with Crippen LogP contribution in [0.25, 0.3) is 10.9 Å². The molecule has 2 N–H and O–H groups in total. The van der Waals surface area contributed by atoms with Crippen molar-refractivity contribution in [1.29, 1.82) is 0 Å². The molecule has 2 rings (SSSR count). The number of nitrogens with one attached hydrogen (secondary N) is 2. The van der Waals surface area contributed by atoms with Crippen molar-refractivity contribution in [2.75, 3.05) is 13.7 Å². The number of carbonyl (C=O) groups excluding carboxylic acids is 1. The van der Waals surface area contributed by atoms with Gasteiger partial charge in [-0.05, 0) is 24.6 Å². The van der Waals surface area contributed by atoms with Gasteiger partial charge in [-0.3, -0.25) is 4.79 Å². The minimum Gasteiger partial charge on any atom is -0.494 e. The molecule has 0 aliphatic carbocycles. The number of rotatable bonds is 4. The maximum Gasteiger partial charge on any atom is 0.224 e. The van der Waals surface area contributed by atoms with Crippen molar-refractivity contribution < 1.29 is 9.53 Å². The van der Waals surface area contributed by atoms with E-state index in [0.717, 1.165) is 16.5 Å². The highest BCUT2D eigenvalue weighted by molar-refractivity contribution is 6.33. The number of aromatic nitrogens is 1. The zero-order chi connectivity index (χ0) is 13.1. The van der Waals surface area contributed by atoms with Gasteiger partial charge < -0.3 is 15.0 Å². The highest BCUT2D eigenvalue weighted by atomic mass is 35.5. The Labute approximate surface area is 110 Å². The summed E-state index contributed by atoms with van der Waals surface area (Å²) < 4.78 is 5.32. The van der Waals surface area contributed by atoms with E-state index in [0.29, 0.717) is 23.7 Å². The average Bonchev–Trinajstić information content (AvgIpc) is 2.73. The van der Waals surface area contributed by atoms with E-state index in [1.165, 1.54) is 0 Å². The molecule has 0 fully saturated rings. The molecule has 18 heavy (non-hydrogen) atoms. The van der Waals surface area contributed by atoms with Gasteiger partial charge in [0, 0.05) is 23.6 Å². The van der Waals surface area contributed by atoms with Crippen LogP contribution >= 0.6 is 11.6 Å². The standard InChI is InChI=1S/C13H15ClN2O2/c1-3-15-11(17)6-8-7-16-10-5-4-9(14)13(18-2)12(8)10/h4-5,7,16H,3,6H2,1-2H3,(H,15,17). The molecule has 0 aliphatic heterocycles. The number of fused-ring (bicyclic) bond motifs is 1. The number of ether oxygens (including phenoxy) is 1. The predicted octanol–water partition coefficient (Wildman–Crippen LogP) is 2.51. The lowest BCUT2D eigenvalue weighted by Gasteiger charge is -2.07. The Hall–Kier alpha value is -1.68. The van der Waals surface area contributed by atoms with Crippen LogP contribution in [-0.4, -0.2) is 24.5 Å². The van der Waals surface area contributed by atoms with Gasteiger partial charge in [-0.15, -0.1) is 0 Å². The fourth-order valence-corrected chi connectivity index (χ4v) is 2.24. The van der Waals surface area contributed by atoms with Crippen LogP contribution in [0.4, 0.5) is 0 Å². The molecule has 0 unspecified atom stereocenters. The second-order valence-corrected chi connectivity index (χ2v) is 4.35. The largest absolute Gasteiger partial charge is 0.494 e. The average molecular weight is 267 g/mol. The molecule has 1 aromatic heterocycles. The Morgan fingerprint density at radius 1 is 1.50 bits per heavy atom. The molecule has 1 amide bonds. The van der Waals surface area contributed by atoms with Crippen molar-refractivity contribution in [2.45, 2.75) is 13.3 Å². The van der Waals surface area contributed by atoms with Crippen molar-refractivity contribution in [3.8, 4) is 5.75 Å². The molecule has 0 bridgehead atoms. The van der Waals surface area contributed by atoms with Crippen LogP contribution < -0.4 is 10.1 Å². The predicted molar refractivity (Wildman–Crippen MR) is 72.2 cm³/mol. The number of halogens is 1. The van der Waals surface area contributed by atoms with E-state index >= 15 is 0 Å². The van der Waals surface area contributed by atoms with Crippen LogP contribution in [-0.2, 0) is 11.2 Å². The Morgan fingerprint density at radius 2 is 2.28 bits per heavy atom. The summed E-state index contributed by atoms with van der Waals surface area (Å²) in [4.78, 5) is 14.8. The quantitative estimate of drug-likeness (QED) is 0.893. The zero-order valence-electron chi connectivity index (χ0n) is 10.3. The first-order valence-electron chi connectivity index (χ1n) is 5.76. The first kappa shape index (κ1) is 12.8. The van der Waals surface area contributed by atoms with E-state index in [-0.39, 0.29) is 5.91 Å². The first-order valence-corrected chi connectivity index (χ1v) is 6.14. The number of aromatic amines is 1. The van der Waals surface area contributed by atoms with E-state index in [1.807, 2.05) is 19.2 Å². The van der Waals surface area contributed by atoms with Crippen LogP contribution in [0.1, 0.15) is 12.5 Å². The Kier molecular flexibility index (Phi) is 3.77. The smallest absolute Gasteiger partial charge is 0.224 e. The molecule has 0 spiro atoms. The molecule has 96 valence electrons. The highest BCUT2D eigenvalue weighted by Gasteiger charge is 2.14. The molecule has 1 heterocycles. The lowest BCUT2D eigenvalue weighted by atomic mass is 10.1. The van der Waals surface area contributed by atoms with Crippen LogP contribution in [0.15, 0.2) is 18.3 Å². The van der Waals surface area contributed by atoms with E-state index in [2.05, 4.69) is 10.3 Å². The van der Waals surface area contributed by atoms with Gasteiger partial charge in [0.05, 0.1) is 18.6 Å². The van der Waals surface area contributed by atoms with Gasteiger partial charge in [-0.1, -0.05) is 11.6 Å². The third-order valence-electron chi connectivity index (χ3n) is 2.76. The second kappa shape index (κ2) is 5.31. The maximum atomic E-state index is 11.6. The lowest BCUT2D eigenvalue weighted by molar-refractivity contribution is -0.120. The summed E-state index contributed by atoms with van der Waals surface area (Å²) >= 11 is 6.09. The summed E-state index contributed by atoms with van der Waals surface area (Å²) in [6.07, 6.45) is 2.13. The Morgan fingerprint density at radius 3 is 2.94 bits per heavy atom. The van der Waals surface area contributed by atoms with Crippen LogP contribution in [0.2, 0.25) is 5.02 Å². The Bertz CT molecular complexity index is 578. The topological polar surface area (TPSA) is 54.1 Å². The molecule has 2 aromatic rings. The van der Waals surface area contributed by atoms with Gasteiger partial charge >= 0.3 is 0 Å². The number of carbonyl (C=O) groups is 1. The maximum absolute atomic E-state index is 11.6. The number of amides is 1. The van der Waals surface area contributed by atoms with Gasteiger partial charge in [-0.2, -0.15) is 0 Å². The fraction of sp³-hybridized carbons (Fsp3) is 0.308. The monoisotopic (exact) mass is 266 g/mol. The molecule has 1 aromatic carbocycles. The number of methoxy groups -OCH3 is 1. The van der Waals surface area contributed by atoms with E-state index in [9.17, 15) is 4.79 Å². The number of hydrogen-bond donors (Lipinski definition) is 2. The third-order valence-corrected chi connectivity index (χ3v) is 3.06. The van der Waals surface area contributed by atoms with Gasteiger partial charge in [0.25, 0.3) is 0 Å². The van der Waals surface area contributed by atoms with Crippen molar-refractivity contribution >= 4 is 28.4 Å². The normalized spacial score (nSPS) is 10.6. The minimum absolute atomic E-state index is 0.0135.